The number of aromatic nitrogens is 2. The lowest BCUT2D eigenvalue weighted by Gasteiger charge is -2.47. The molecule has 1 aliphatic heterocycles. The number of halogens is 5. The second-order valence-corrected chi connectivity index (χ2v) is 12.8. The number of piperazine rings is 1. The van der Waals surface area contributed by atoms with Gasteiger partial charge in [0.1, 0.15) is 11.3 Å². The summed E-state index contributed by atoms with van der Waals surface area (Å²) in [6, 6.07) is 8.45. The molecule has 4 heterocycles. The van der Waals surface area contributed by atoms with E-state index in [-0.39, 0.29) is 36.1 Å². The van der Waals surface area contributed by atoms with Gasteiger partial charge in [-0.1, -0.05) is 38.4 Å². The van der Waals surface area contributed by atoms with E-state index in [1.54, 1.807) is 26.0 Å². The maximum absolute atomic E-state index is 14.3. The first-order valence-electron chi connectivity index (χ1n) is 13.6. The Hall–Kier alpha value is -4.19. The number of fused-ring (bicyclic) bond motifs is 1. The number of carbonyl (C=O) groups excluding carboxylic acids is 1. The molecule has 0 unspecified atom stereocenters. The highest BCUT2D eigenvalue weighted by Crippen LogP contribution is 2.37. The van der Waals surface area contributed by atoms with E-state index in [9.17, 15) is 32.3 Å². The number of carbonyl (C=O) groups is 2. The quantitative estimate of drug-likeness (QED) is 0.234. The summed E-state index contributed by atoms with van der Waals surface area (Å²) in [5.74, 6) is -2.52. The topological polar surface area (TPSA) is 99.8 Å². The number of nitrogens with zero attached hydrogens (tertiary/aromatic N) is 4. The van der Waals surface area contributed by atoms with Crippen LogP contribution in [0.25, 0.3) is 22.4 Å². The van der Waals surface area contributed by atoms with Crippen molar-refractivity contribution in [1.82, 2.24) is 14.9 Å². The summed E-state index contributed by atoms with van der Waals surface area (Å²) in [7, 11) is 0. The third kappa shape index (κ3) is 5.82. The van der Waals surface area contributed by atoms with Crippen LogP contribution in [0.1, 0.15) is 66.8 Å². The van der Waals surface area contributed by atoms with Gasteiger partial charge >= 0.3 is 12.1 Å². The molecule has 0 aliphatic carbocycles. The molecule has 232 valence electrons. The molecular weight excluding hydrogens is 604 g/mol. The lowest BCUT2D eigenvalue weighted by Crippen LogP contribution is -2.61. The number of alkyl halides is 3. The standard InChI is InChI=1S/C31H29ClF4N4O4/c1-29(2,3)18-12-21(16-6-7-19(32)20(33)10-16)38-22-13-24(44-26(18)22)27(41)40-9-8-39(15-30(40,4)5)23-11-17(31(34,35)36)14-37-25(23)28(42)43/h6-7,10-14H,8-9,15H2,1-5H3,(H,42,43). The highest BCUT2D eigenvalue weighted by atomic mass is 35.5. The van der Waals surface area contributed by atoms with Gasteiger partial charge in [-0.3, -0.25) is 4.79 Å². The van der Waals surface area contributed by atoms with Crippen molar-refractivity contribution in [2.45, 2.75) is 51.7 Å². The Bertz CT molecular complexity index is 1800. The summed E-state index contributed by atoms with van der Waals surface area (Å²) in [5, 5.41) is 9.58. The number of benzene rings is 1. The summed E-state index contributed by atoms with van der Waals surface area (Å²) in [6.45, 7) is 9.50. The van der Waals surface area contributed by atoms with Gasteiger partial charge in [-0.05, 0) is 43.5 Å². The Morgan fingerprint density at radius 3 is 2.36 bits per heavy atom. The zero-order valence-corrected chi connectivity index (χ0v) is 25.3. The predicted octanol–water partition coefficient (Wildman–Crippen LogP) is 7.44. The third-order valence-electron chi connectivity index (χ3n) is 7.60. The summed E-state index contributed by atoms with van der Waals surface area (Å²) in [4.78, 5) is 36.9. The zero-order valence-electron chi connectivity index (χ0n) is 24.5. The van der Waals surface area contributed by atoms with Crippen molar-refractivity contribution in [2.24, 2.45) is 0 Å². The van der Waals surface area contributed by atoms with Gasteiger partial charge in [-0.15, -0.1) is 0 Å². The van der Waals surface area contributed by atoms with E-state index in [1.165, 1.54) is 28.0 Å². The lowest BCUT2D eigenvalue weighted by molar-refractivity contribution is -0.137. The minimum absolute atomic E-state index is 0.00548. The summed E-state index contributed by atoms with van der Waals surface area (Å²) < 4.78 is 60.6. The number of aromatic carboxylic acids is 1. The number of anilines is 1. The van der Waals surface area contributed by atoms with Crippen molar-refractivity contribution in [3.8, 4) is 11.3 Å². The predicted molar refractivity (Wildman–Crippen MR) is 157 cm³/mol. The number of hydrogen-bond acceptors (Lipinski definition) is 6. The smallest absolute Gasteiger partial charge is 0.417 e. The van der Waals surface area contributed by atoms with Crippen LogP contribution in [0, 0.1) is 5.82 Å². The van der Waals surface area contributed by atoms with Gasteiger partial charge in [0.15, 0.2) is 17.0 Å². The van der Waals surface area contributed by atoms with Crippen molar-refractivity contribution in [1.29, 1.82) is 0 Å². The van der Waals surface area contributed by atoms with Crippen molar-refractivity contribution < 1.29 is 36.7 Å². The first-order chi connectivity index (χ1) is 20.4. The maximum atomic E-state index is 14.3. The van der Waals surface area contributed by atoms with Crippen LogP contribution < -0.4 is 4.90 Å². The van der Waals surface area contributed by atoms with Crippen LogP contribution in [-0.4, -0.2) is 57.0 Å². The monoisotopic (exact) mass is 632 g/mol. The molecule has 13 heteroatoms. The van der Waals surface area contributed by atoms with Gasteiger partial charge in [0.2, 0.25) is 0 Å². The van der Waals surface area contributed by atoms with Crippen LogP contribution in [0.2, 0.25) is 5.02 Å². The van der Waals surface area contributed by atoms with E-state index in [0.29, 0.717) is 28.6 Å². The Balaban J connectivity index is 1.49. The Labute approximate surface area is 255 Å². The molecule has 0 radical (unpaired) electrons. The molecule has 0 bridgehead atoms. The Kier molecular flexibility index (Phi) is 7.64. The second kappa shape index (κ2) is 10.8. The molecule has 1 amide bonds. The fraction of sp³-hybridized carbons (Fsp3) is 0.355. The van der Waals surface area contributed by atoms with Gasteiger partial charge in [0.05, 0.1) is 27.5 Å². The van der Waals surface area contributed by atoms with Gasteiger partial charge in [0.25, 0.3) is 5.91 Å². The molecular formula is C31H29ClF4N4O4. The SMILES string of the molecule is CC(C)(C)c1cc(-c2ccc(Cl)c(F)c2)nc2cc(C(=O)N3CCN(c4cc(C(F)(F)F)cnc4C(=O)O)CC3(C)C)oc12. The molecule has 1 fully saturated rings. The van der Waals surface area contributed by atoms with Crippen LogP contribution in [-0.2, 0) is 11.6 Å². The van der Waals surface area contributed by atoms with Crippen molar-refractivity contribution >= 4 is 40.3 Å². The van der Waals surface area contributed by atoms with E-state index in [1.807, 2.05) is 20.8 Å². The molecule has 1 aliphatic rings. The highest BCUT2D eigenvalue weighted by Gasteiger charge is 2.41. The van der Waals surface area contributed by atoms with E-state index in [2.05, 4.69) is 9.97 Å². The van der Waals surface area contributed by atoms with E-state index in [0.717, 1.165) is 11.6 Å². The fourth-order valence-electron chi connectivity index (χ4n) is 5.37. The number of carboxylic acid groups (broad SMARTS) is 1. The second-order valence-electron chi connectivity index (χ2n) is 12.3. The number of furan rings is 1. The minimum Gasteiger partial charge on any atom is -0.476 e. The van der Waals surface area contributed by atoms with Crippen LogP contribution in [0.3, 0.4) is 0 Å². The molecule has 4 aromatic rings. The van der Waals surface area contributed by atoms with Gasteiger partial charge in [-0.25, -0.2) is 19.2 Å². The van der Waals surface area contributed by atoms with E-state index >= 15 is 0 Å². The normalized spacial score (nSPS) is 15.6. The average Bonchev–Trinajstić information content (AvgIpc) is 3.36. The summed E-state index contributed by atoms with van der Waals surface area (Å²) in [6.07, 6.45) is -4.22. The maximum Gasteiger partial charge on any atom is 0.417 e. The summed E-state index contributed by atoms with van der Waals surface area (Å²) >= 11 is 5.86. The molecule has 0 saturated carbocycles. The average molecular weight is 633 g/mol. The molecule has 1 N–H and O–H groups in total. The molecule has 0 spiro atoms. The zero-order chi connectivity index (χ0) is 32.4. The van der Waals surface area contributed by atoms with Crippen LogP contribution >= 0.6 is 11.6 Å². The Morgan fingerprint density at radius 2 is 1.77 bits per heavy atom. The van der Waals surface area contributed by atoms with E-state index < -0.39 is 46.1 Å². The number of pyridine rings is 2. The molecule has 5 rings (SSSR count). The Morgan fingerprint density at radius 1 is 1.07 bits per heavy atom. The van der Waals surface area contributed by atoms with Gasteiger partial charge in [0, 0.05) is 43.0 Å². The van der Waals surface area contributed by atoms with Crippen molar-refractivity contribution in [2.75, 3.05) is 24.5 Å². The molecule has 3 aromatic heterocycles. The summed E-state index contributed by atoms with van der Waals surface area (Å²) in [5.41, 5.74) is -0.654. The number of carboxylic acids is 1. The van der Waals surface area contributed by atoms with Gasteiger partial charge in [-0.2, -0.15) is 13.2 Å². The lowest BCUT2D eigenvalue weighted by atomic mass is 9.86. The molecule has 1 saturated heterocycles. The van der Waals surface area contributed by atoms with Gasteiger partial charge < -0.3 is 19.3 Å². The van der Waals surface area contributed by atoms with E-state index in [4.69, 9.17) is 16.0 Å². The highest BCUT2D eigenvalue weighted by molar-refractivity contribution is 6.30. The van der Waals surface area contributed by atoms with Crippen molar-refractivity contribution in [3.63, 3.8) is 0 Å². The first-order valence-corrected chi connectivity index (χ1v) is 14.0. The molecule has 8 nitrogen and oxygen atoms in total. The molecule has 1 aromatic carbocycles. The molecule has 44 heavy (non-hydrogen) atoms. The van der Waals surface area contributed by atoms with Crippen LogP contribution in [0.5, 0.6) is 0 Å². The van der Waals surface area contributed by atoms with Crippen LogP contribution in [0.4, 0.5) is 23.2 Å². The minimum atomic E-state index is -4.71. The largest absolute Gasteiger partial charge is 0.476 e. The third-order valence-corrected chi connectivity index (χ3v) is 7.91. The first kappa shape index (κ1) is 31.2. The number of hydrogen-bond donors (Lipinski definition) is 1. The van der Waals surface area contributed by atoms with Crippen molar-refractivity contribution in [3.05, 3.63) is 76.0 Å². The number of rotatable bonds is 4. The molecule has 0 atom stereocenters. The fourth-order valence-corrected chi connectivity index (χ4v) is 5.49. The van der Waals surface area contributed by atoms with Crippen LogP contribution in [0.15, 0.2) is 47.0 Å². The number of amides is 1.